The molecular formula is C20H29ClN4O. The number of carbonyl (C=O) groups excluding carboxylic acids is 1. The predicted molar refractivity (Wildman–Crippen MR) is 108 cm³/mol. The zero-order valence-corrected chi connectivity index (χ0v) is 16.6. The van der Waals surface area contributed by atoms with Crippen molar-refractivity contribution in [2.45, 2.75) is 52.1 Å². The summed E-state index contributed by atoms with van der Waals surface area (Å²) in [5.41, 5.74) is 2.04. The third kappa shape index (κ3) is 5.08. The number of carbonyl (C=O) groups is 1. The molecule has 1 aromatic heterocycles. The average Bonchev–Trinajstić information content (AvgIpc) is 3.03. The molecule has 1 saturated heterocycles. The molecule has 0 unspecified atom stereocenters. The van der Waals surface area contributed by atoms with Crippen LogP contribution in [0.3, 0.4) is 0 Å². The van der Waals surface area contributed by atoms with Gasteiger partial charge in [0.05, 0.1) is 0 Å². The molecule has 0 bridgehead atoms. The van der Waals surface area contributed by atoms with Crippen LogP contribution in [0.4, 0.5) is 5.69 Å². The summed E-state index contributed by atoms with van der Waals surface area (Å²) in [4.78, 5) is 17.0. The standard InChI is InChI=1S/C20H28N4O.ClH/c1-14(2)19-22-9-10-24(19)13-16-5-4-6-18(12-16)23-20(25)17-7-8-21-15(3)11-17;/h4-6,9-10,12,14-15,17,21H,7-8,11,13H2,1-3H3,(H,23,25);1H/t15-,17-;/m0./s1. The highest BCUT2D eigenvalue weighted by Crippen LogP contribution is 2.20. The van der Waals surface area contributed by atoms with Gasteiger partial charge >= 0.3 is 0 Å². The predicted octanol–water partition coefficient (Wildman–Crippen LogP) is 3.80. The van der Waals surface area contributed by atoms with E-state index in [-0.39, 0.29) is 24.2 Å². The molecule has 142 valence electrons. The van der Waals surface area contributed by atoms with Gasteiger partial charge in [-0.2, -0.15) is 0 Å². The maximum absolute atomic E-state index is 12.5. The normalized spacial score (nSPS) is 19.8. The SMILES string of the molecule is CC(C)c1nccn1Cc1cccc(NC(=O)[C@H]2CCN[C@@H](C)C2)c1.Cl. The van der Waals surface area contributed by atoms with E-state index in [9.17, 15) is 4.79 Å². The zero-order valence-electron chi connectivity index (χ0n) is 15.7. The van der Waals surface area contributed by atoms with Crippen LogP contribution in [0.25, 0.3) is 0 Å². The smallest absolute Gasteiger partial charge is 0.227 e. The van der Waals surface area contributed by atoms with Crippen molar-refractivity contribution in [1.29, 1.82) is 0 Å². The lowest BCUT2D eigenvalue weighted by atomic mass is 9.92. The van der Waals surface area contributed by atoms with E-state index in [4.69, 9.17) is 0 Å². The fourth-order valence-electron chi connectivity index (χ4n) is 3.51. The van der Waals surface area contributed by atoms with Gasteiger partial charge in [0.25, 0.3) is 0 Å². The summed E-state index contributed by atoms with van der Waals surface area (Å²) in [6.45, 7) is 8.11. The Morgan fingerprint density at radius 2 is 2.23 bits per heavy atom. The summed E-state index contributed by atoms with van der Waals surface area (Å²) in [5, 5.41) is 6.49. The van der Waals surface area contributed by atoms with Gasteiger partial charge in [0.2, 0.25) is 5.91 Å². The van der Waals surface area contributed by atoms with E-state index < -0.39 is 0 Å². The topological polar surface area (TPSA) is 59.0 Å². The van der Waals surface area contributed by atoms with Gasteiger partial charge in [-0.05, 0) is 44.0 Å². The number of imidazole rings is 1. The molecule has 0 spiro atoms. The third-order valence-corrected chi connectivity index (χ3v) is 4.81. The van der Waals surface area contributed by atoms with Crippen molar-refractivity contribution in [2.24, 2.45) is 5.92 Å². The molecule has 6 heteroatoms. The molecule has 2 aromatic rings. The number of hydrogen-bond acceptors (Lipinski definition) is 3. The highest BCUT2D eigenvalue weighted by molar-refractivity contribution is 5.92. The maximum atomic E-state index is 12.5. The summed E-state index contributed by atoms with van der Waals surface area (Å²) in [6.07, 6.45) is 5.66. The Morgan fingerprint density at radius 3 is 2.96 bits per heavy atom. The first kappa shape index (κ1) is 20.5. The monoisotopic (exact) mass is 376 g/mol. The second-order valence-electron chi connectivity index (χ2n) is 7.33. The number of benzene rings is 1. The fourth-order valence-corrected chi connectivity index (χ4v) is 3.51. The van der Waals surface area contributed by atoms with Crippen molar-refractivity contribution in [1.82, 2.24) is 14.9 Å². The number of piperidine rings is 1. The van der Waals surface area contributed by atoms with E-state index in [1.54, 1.807) is 0 Å². The van der Waals surface area contributed by atoms with Crippen molar-refractivity contribution < 1.29 is 4.79 Å². The average molecular weight is 377 g/mol. The molecule has 26 heavy (non-hydrogen) atoms. The Kier molecular flexibility index (Phi) is 7.23. The Labute approximate surface area is 162 Å². The van der Waals surface area contributed by atoms with E-state index in [1.165, 1.54) is 0 Å². The number of hydrogen-bond donors (Lipinski definition) is 2. The molecule has 2 N–H and O–H groups in total. The van der Waals surface area contributed by atoms with Crippen LogP contribution in [0.1, 0.15) is 50.9 Å². The highest BCUT2D eigenvalue weighted by atomic mass is 35.5. The van der Waals surface area contributed by atoms with Gasteiger partial charge in [0, 0.05) is 42.5 Å². The first-order valence-electron chi connectivity index (χ1n) is 9.17. The molecule has 1 fully saturated rings. The van der Waals surface area contributed by atoms with Gasteiger partial charge in [0.15, 0.2) is 0 Å². The molecule has 1 aliphatic heterocycles. The molecule has 2 heterocycles. The van der Waals surface area contributed by atoms with Crippen molar-refractivity contribution in [3.05, 3.63) is 48.0 Å². The summed E-state index contributed by atoms with van der Waals surface area (Å²) in [5.74, 6) is 1.70. The molecule has 5 nitrogen and oxygen atoms in total. The Hall–Kier alpha value is -1.85. The molecule has 1 amide bonds. The molecule has 2 atom stereocenters. The van der Waals surface area contributed by atoms with Crippen LogP contribution < -0.4 is 10.6 Å². The number of halogens is 1. The van der Waals surface area contributed by atoms with Gasteiger partial charge in [-0.3, -0.25) is 4.79 Å². The van der Waals surface area contributed by atoms with Crippen LogP contribution in [0.2, 0.25) is 0 Å². The van der Waals surface area contributed by atoms with Crippen LogP contribution in [0, 0.1) is 5.92 Å². The number of anilines is 1. The van der Waals surface area contributed by atoms with Crippen molar-refractivity contribution >= 4 is 24.0 Å². The number of nitrogens with zero attached hydrogens (tertiary/aromatic N) is 2. The third-order valence-electron chi connectivity index (χ3n) is 4.81. The van der Waals surface area contributed by atoms with Gasteiger partial charge in [0.1, 0.15) is 5.82 Å². The van der Waals surface area contributed by atoms with E-state index in [0.29, 0.717) is 12.0 Å². The van der Waals surface area contributed by atoms with Gasteiger partial charge in [-0.25, -0.2) is 4.98 Å². The Balaban J connectivity index is 0.00000243. The molecular weight excluding hydrogens is 348 g/mol. The molecule has 3 rings (SSSR count). The van der Waals surface area contributed by atoms with Crippen LogP contribution in [0.15, 0.2) is 36.7 Å². The summed E-state index contributed by atoms with van der Waals surface area (Å²) >= 11 is 0. The van der Waals surface area contributed by atoms with Crippen LogP contribution in [-0.4, -0.2) is 28.0 Å². The van der Waals surface area contributed by atoms with Gasteiger partial charge < -0.3 is 15.2 Å². The number of rotatable bonds is 5. The second kappa shape index (κ2) is 9.19. The van der Waals surface area contributed by atoms with Crippen molar-refractivity contribution in [3.8, 4) is 0 Å². The minimum atomic E-state index is 0. The summed E-state index contributed by atoms with van der Waals surface area (Å²) in [6, 6.07) is 8.52. The van der Waals surface area contributed by atoms with Crippen molar-refractivity contribution in [2.75, 3.05) is 11.9 Å². The number of amides is 1. The Morgan fingerprint density at radius 1 is 1.42 bits per heavy atom. The summed E-state index contributed by atoms with van der Waals surface area (Å²) in [7, 11) is 0. The van der Waals surface area contributed by atoms with E-state index in [1.807, 2.05) is 24.5 Å². The van der Waals surface area contributed by atoms with Crippen LogP contribution >= 0.6 is 12.4 Å². The highest BCUT2D eigenvalue weighted by Gasteiger charge is 2.24. The minimum absolute atomic E-state index is 0. The first-order chi connectivity index (χ1) is 12.0. The largest absolute Gasteiger partial charge is 0.330 e. The molecule has 0 radical (unpaired) electrons. The van der Waals surface area contributed by atoms with Gasteiger partial charge in [-0.1, -0.05) is 26.0 Å². The first-order valence-corrected chi connectivity index (χ1v) is 9.17. The van der Waals surface area contributed by atoms with Crippen LogP contribution in [-0.2, 0) is 11.3 Å². The van der Waals surface area contributed by atoms with E-state index in [2.05, 4.69) is 53.1 Å². The minimum Gasteiger partial charge on any atom is -0.330 e. The maximum Gasteiger partial charge on any atom is 0.227 e. The Bertz CT molecular complexity index is 728. The van der Waals surface area contributed by atoms with Crippen molar-refractivity contribution in [3.63, 3.8) is 0 Å². The van der Waals surface area contributed by atoms with E-state index in [0.717, 1.165) is 43.0 Å². The van der Waals surface area contributed by atoms with E-state index >= 15 is 0 Å². The van der Waals surface area contributed by atoms with Crippen LogP contribution in [0.5, 0.6) is 0 Å². The summed E-state index contributed by atoms with van der Waals surface area (Å²) < 4.78 is 2.17. The molecule has 0 aliphatic carbocycles. The quantitative estimate of drug-likeness (QED) is 0.834. The lowest BCUT2D eigenvalue weighted by Gasteiger charge is -2.27. The lowest BCUT2D eigenvalue weighted by molar-refractivity contribution is -0.120. The van der Waals surface area contributed by atoms with Gasteiger partial charge in [-0.15, -0.1) is 12.4 Å². The zero-order chi connectivity index (χ0) is 17.8. The molecule has 0 saturated carbocycles. The number of nitrogens with one attached hydrogen (secondary N) is 2. The lowest BCUT2D eigenvalue weighted by Crippen LogP contribution is -2.40. The number of aromatic nitrogens is 2. The molecule has 1 aromatic carbocycles. The molecule has 1 aliphatic rings. The fraction of sp³-hybridized carbons (Fsp3) is 0.500. The second-order valence-corrected chi connectivity index (χ2v) is 7.33.